The Kier molecular flexibility index (Phi) is 4.24. The van der Waals surface area contributed by atoms with E-state index in [0.29, 0.717) is 16.2 Å². The van der Waals surface area contributed by atoms with Crippen molar-refractivity contribution < 1.29 is 9.53 Å². The van der Waals surface area contributed by atoms with E-state index in [-0.39, 0.29) is 17.7 Å². The summed E-state index contributed by atoms with van der Waals surface area (Å²) in [7, 11) is 0. The molecule has 0 aliphatic carbocycles. The van der Waals surface area contributed by atoms with Gasteiger partial charge in [0.05, 0.1) is 4.91 Å². The lowest BCUT2D eigenvalue weighted by Crippen LogP contribution is -2.01. The zero-order chi connectivity index (χ0) is 13.8. The number of rotatable bonds is 3. The summed E-state index contributed by atoms with van der Waals surface area (Å²) in [5, 5.41) is 8.77. The molecule has 2 N–H and O–H groups in total. The van der Waals surface area contributed by atoms with Crippen LogP contribution in [0.2, 0.25) is 0 Å². The first-order chi connectivity index (χ1) is 9.10. The monoisotopic (exact) mass is 337 g/mol. The Morgan fingerprint density at radius 3 is 3.00 bits per heavy atom. The number of carbonyl (C=O) groups is 1. The molecular formula is C12H8BrN3O2S. The fourth-order valence-electron chi connectivity index (χ4n) is 1.44. The first-order valence-electron chi connectivity index (χ1n) is 5.17. The van der Waals surface area contributed by atoms with Gasteiger partial charge in [-0.2, -0.15) is 10.3 Å². The van der Waals surface area contributed by atoms with Crippen molar-refractivity contribution in [1.29, 1.82) is 5.26 Å². The van der Waals surface area contributed by atoms with Gasteiger partial charge in [-0.1, -0.05) is 15.9 Å². The van der Waals surface area contributed by atoms with Gasteiger partial charge in [-0.25, -0.2) is 0 Å². The van der Waals surface area contributed by atoms with E-state index in [1.807, 2.05) is 6.07 Å². The molecule has 5 nitrogen and oxygen atoms in total. The van der Waals surface area contributed by atoms with E-state index in [1.165, 1.54) is 0 Å². The molecule has 1 amide bonds. The lowest BCUT2D eigenvalue weighted by Gasteiger charge is -2.07. The number of ether oxygens (including phenoxy) is 1. The van der Waals surface area contributed by atoms with E-state index >= 15 is 0 Å². The SMILES string of the molecule is N#CCOc1ccc(Br)cc1/C=C1\SC(N)=NC1=O. The number of benzene rings is 1. The minimum Gasteiger partial charge on any atom is -0.478 e. The Bertz CT molecular complexity index is 634. The van der Waals surface area contributed by atoms with Crippen molar-refractivity contribution in [2.45, 2.75) is 0 Å². The van der Waals surface area contributed by atoms with Gasteiger partial charge >= 0.3 is 0 Å². The molecule has 96 valence electrons. The predicted molar refractivity (Wildman–Crippen MR) is 77.4 cm³/mol. The molecule has 0 saturated carbocycles. The van der Waals surface area contributed by atoms with E-state index in [0.717, 1.165) is 16.2 Å². The van der Waals surface area contributed by atoms with E-state index in [1.54, 1.807) is 24.3 Å². The molecule has 2 rings (SSSR count). The number of amides is 1. The van der Waals surface area contributed by atoms with Crippen LogP contribution in [0.4, 0.5) is 0 Å². The zero-order valence-corrected chi connectivity index (χ0v) is 12.0. The summed E-state index contributed by atoms with van der Waals surface area (Å²) < 4.78 is 6.14. The molecule has 19 heavy (non-hydrogen) atoms. The van der Waals surface area contributed by atoms with Gasteiger partial charge in [0.2, 0.25) is 0 Å². The molecule has 0 unspecified atom stereocenters. The van der Waals surface area contributed by atoms with Crippen LogP contribution < -0.4 is 10.5 Å². The second kappa shape index (κ2) is 5.91. The van der Waals surface area contributed by atoms with Gasteiger partial charge in [-0.3, -0.25) is 4.79 Å². The number of nitrogens with zero attached hydrogens (tertiary/aromatic N) is 2. The van der Waals surface area contributed by atoms with E-state index < -0.39 is 0 Å². The van der Waals surface area contributed by atoms with Crippen LogP contribution in [0.1, 0.15) is 5.56 Å². The molecule has 1 heterocycles. The van der Waals surface area contributed by atoms with Gasteiger partial charge < -0.3 is 10.5 Å². The quantitative estimate of drug-likeness (QED) is 0.854. The van der Waals surface area contributed by atoms with Crippen LogP contribution >= 0.6 is 27.7 Å². The van der Waals surface area contributed by atoms with Gasteiger partial charge in [-0.05, 0) is 36.0 Å². The Hall–Kier alpha value is -1.78. The Morgan fingerprint density at radius 1 is 1.58 bits per heavy atom. The second-order valence-electron chi connectivity index (χ2n) is 3.49. The van der Waals surface area contributed by atoms with Gasteiger partial charge in [0.15, 0.2) is 11.8 Å². The van der Waals surface area contributed by atoms with Gasteiger partial charge in [0, 0.05) is 10.0 Å². The molecule has 0 aromatic heterocycles. The summed E-state index contributed by atoms with van der Waals surface area (Å²) in [6, 6.07) is 7.21. The van der Waals surface area contributed by atoms with Crippen molar-refractivity contribution in [3.05, 3.63) is 33.1 Å². The molecule has 0 spiro atoms. The summed E-state index contributed by atoms with van der Waals surface area (Å²) in [6.45, 7) is -0.0580. The number of nitriles is 1. The van der Waals surface area contributed by atoms with Crippen LogP contribution in [0, 0.1) is 11.3 Å². The lowest BCUT2D eigenvalue weighted by molar-refractivity contribution is -0.113. The fraction of sp³-hybridized carbons (Fsp3) is 0.0833. The number of aliphatic imine (C=N–C) groups is 1. The first-order valence-corrected chi connectivity index (χ1v) is 6.78. The number of carbonyl (C=O) groups excluding carboxylic acids is 1. The summed E-state index contributed by atoms with van der Waals surface area (Å²) in [5.74, 6) is 0.157. The average molecular weight is 338 g/mol. The fourth-order valence-corrected chi connectivity index (χ4v) is 2.49. The molecule has 7 heteroatoms. The number of amidine groups is 1. The molecular weight excluding hydrogens is 330 g/mol. The first kappa shape index (κ1) is 13.6. The molecule has 1 aliphatic rings. The van der Waals surface area contributed by atoms with Gasteiger partial charge in [0.25, 0.3) is 5.91 Å². The Morgan fingerprint density at radius 2 is 2.37 bits per heavy atom. The third kappa shape index (κ3) is 3.36. The van der Waals surface area contributed by atoms with Crippen molar-refractivity contribution in [2.24, 2.45) is 10.7 Å². The van der Waals surface area contributed by atoms with Crippen LogP contribution in [-0.2, 0) is 4.79 Å². The second-order valence-corrected chi connectivity index (χ2v) is 5.47. The van der Waals surface area contributed by atoms with Crippen molar-refractivity contribution in [1.82, 2.24) is 0 Å². The van der Waals surface area contributed by atoms with Crippen LogP contribution in [-0.4, -0.2) is 17.7 Å². The molecule has 0 atom stereocenters. The van der Waals surface area contributed by atoms with E-state index in [2.05, 4.69) is 20.9 Å². The van der Waals surface area contributed by atoms with Crippen LogP contribution in [0.5, 0.6) is 5.75 Å². The summed E-state index contributed by atoms with van der Waals surface area (Å²) >= 11 is 4.46. The largest absolute Gasteiger partial charge is 0.478 e. The van der Waals surface area contributed by atoms with Crippen molar-refractivity contribution in [3.8, 4) is 11.8 Å². The molecule has 1 aromatic carbocycles. The third-order valence-electron chi connectivity index (χ3n) is 2.19. The maximum atomic E-state index is 11.5. The Labute approximate surface area is 122 Å². The standard InChI is InChI=1S/C12H8BrN3O2S/c13-8-1-2-9(18-4-3-14)7(5-8)6-10-11(17)16-12(15)19-10/h1-2,5-6H,4H2,(H2,15,16,17)/b10-6-. The molecule has 0 radical (unpaired) electrons. The third-order valence-corrected chi connectivity index (χ3v) is 3.49. The maximum absolute atomic E-state index is 11.5. The van der Waals surface area contributed by atoms with Crippen molar-refractivity contribution in [3.63, 3.8) is 0 Å². The number of halogens is 1. The van der Waals surface area contributed by atoms with Crippen LogP contribution in [0.25, 0.3) is 6.08 Å². The maximum Gasteiger partial charge on any atom is 0.286 e. The Balaban J connectivity index is 2.34. The van der Waals surface area contributed by atoms with Crippen molar-refractivity contribution in [2.75, 3.05) is 6.61 Å². The van der Waals surface area contributed by atoms with E-state index in [9.17, 15) is 4.79 Å². The predicted octanol–water partition coefficient (Wildman–Crippen LogP) is 2.28. The summed E-state index contributed by atoms with van der Waals surface area (Å²) in [6.07, 6.45) is 1.65. The number of hydrogen-bond acceptors (Lipinski definition) is 5. The summed E-state index contributed by atoms with van der Waals surface area (Å²) in [5.41, 5.74) is 6.17. The molecule has 0 saturated heterocycles. The molecule has 0 bridgehead atoms. The topological polar surface area (TPSA) is 88.5 Å². The minimum atomic E-state index is -0.367. The van der Waals surface area contributed by atoms with Gasteiger partial charge in [-0.15, -0.1) is 0 Å². The van der Waals surface area contributed by atoms with Crippen LogP contribution in [0.3, 0.4) is 0 Å². The van der Waals surface area contributed by atoms with Crippen molar-refractivity contribution >= 4 is 44.8 Å². The number of nitrogens with two attached hydrogens (primary N) is 1. The molecule has 0 fully saturated rings. The molecule has 1 aromatic rings. The average Bonchev–Trinajstić information content (AvgIpc) is 2.67. The minimum absolute atomic E-state index is 0.0580. The highest BCUT2D eigenvalue weighted by Gasteiger charge is 2.20. The normalized spacial score (nSPS) is 16.3. The zero-order valence-electron chi connectivity index (χ0n) is 9.59. The van der Waals surface area contributed by atoms with E-state index in [4.69, 9.17) is 15.7 Å². The highest BCUT2D eigenvalue weighted by molar-refractivity contribution is 9.10. The number of thioether (sulfide) groups is 1. The highest BCUT2D eigenvalue weighted by atomic mass is 79.9. The van der Waals surface area contributed by atoms with Crippen LogP contribution in [0.15, 0.2) is 32.6 Å². The lowest BCUT2D eigenvalue weighted by atomic mass is 10.2. The number of hydrogen-bond donors (Lipinski definition) is 1. The smallest absolute Gasteiger partial charge is 0.286 e. The highest BCUT2D eigenvalue weighted by Crippen LogP contribution is 2.31. The van der Waals surface area contributed by atoms with Gasteiger partial charge in [0.1, 0.15) is 11.8 Å². The summed E-state index contributed by atoms with van der Waals surface area (Å²) in [4.78, 5) is 15.6. The molecule has 1 aliphatic heterocycles.